The molecule has 0 unspecified atom stereocenters. The number of nitrogens with one attached hydrogen (secondary N) is 1. The first-order chi connectivity index (χ1) is 13.5. The first-order valence-electron chi connectivity index (χ1n) is 9.04. The van der Waals surface area contributed by atoms with Crippen molar-refractivity contribution in [3.8, 4) is 5.75 Å². The van der Waals surface area contributed by atoms with Crippen LogP contribution in [0.5, 0.6) is 5.75 Å². The number of nitrogens with zero attached hydrogens (tertiary/aromatic N) is 1. The Hall–Kier alpha value is -3.35. The zero-order valence-electron chi connectivity index (χ0n) is 15.8. The van der Waals surface area contributed by atoms with Gasteiger partial charge in [0.2, 0.25) is 5.91 Å². The summed E-state index contributed by atoms with van der Waals surface area (Å²) in [6, 6.07) is 13.5. The summed E-state index contributed by atoms with van der Waals surface area (Å²) in [5.74, 6) is -0.356. The van der Waals surface area contributed by atoms with Crippen molar-refractivity contribution in [3.63, 3.8) is 0 Å². The number of carbonyl (C=O) groups is 3. The molecule has 0 radical (unpaired) electrons. The van der Waals surface area contributed by atoms with Crippen LogP contribution in [0.1, 0.15) is 30.1 Å². The van der Waals surface area contributed by atoms with Crippen molar-refractivity contribution in [2.45, 2.75) is 25.9 Å². The first kappa shape index (κ1) is 19.4. The predicted molar refractivity (Wildman–Crippen MR) is 105 cm³/mol. The van der Waals surface area contributed by atoms with E-state index >= 15 is 0 Å². The normalized spacial score (nSPS) is 14.5. The Kier molecular flexibility index (Phi) is 5.93. The Labute approximate surface area is 163 Å². The van der Waals surface area contributed by atoms with Gasteiger partial charge in [-0.05, 0) is 49.7 Å². The fourth-order valence-corrected chi connectivity index (χ4v) is 2.93. The minimum atomic E-state index is -0.974. The lowest BCUT2D eigenvalue weighted by Gasteiger charge is -2.16. The van der Waals surface area contributed by atoms with Gasteiger partial charge in [0, 0.05) is 30.4 Å². The highest BCUT2D eigenvalue weighted by Gasteiger charge is 2.23. The van der Waals surface area contributed by atoms with Gasteiger partial charge in [0.15, 0.2) is 6.10 Å². The van der Waals surface area contributed by atoms with Crippen LogP contribution in [0.4, 0.5) is 11.4 Å². The second kappa shape index (κ2) is 8.56. The van der Waals surface area contributed by atoms with E-state index in [2.05, 4.69) is 5.32 Å². The zero-order valence-corrected chi connectivity index (χ0v) is 15.8. The second-order valence-corrected chi connectivity index (χ2v) is 6.46. The molecule has 1 atom stereocenters. The van der Waals surface area contributed by atoms with Gasteiger partial charge in [-0.3, -0.25) is 9.59 Å². The van der Waals surface area contributed by atoms with Crippen LogP contribution in [0.3, 0.4) is 0 Å². The lowest BCUT2D eigenvalue weighted by molar-refractivity contribution is -0.123. The molecule has 28 heavy (non-hydrogen) atoms. The van der Waals surface area contributed by atoms with E-state index in [0.717, 1.165) is 12.1 Å². The van der Waals surface area contributed by atoms with E-state index in [4.69, 9.17) is 9.47 Å². The standard InChI is InChI=1S/C21H22N2O5/c1-14(20(25)22-16-5-3-6-18(13-16)27-2)28-21(26)15-8-10-17(11-9-15)23-12-4-7-19(23)24/h3,5-6,8-11,13-14H,4,7,12H2,1-2H3,(H,22,25)/t14-/m1/s1. The average Bonchev–Trinajstić information content (AvgIpc) is 3.14. The number of methoxy groups -OCH3 is 1. The number of anilines is 2. The maximum Gasteiger partial charge on any atom is 0.338 e. The van der Waals surface area contributed by atoms with Crippen LogP contribution in [0, 0.1) is 0 Å². The summed E-state index contributed by atoms with van der Waals surface area (Å²) >= 11 is 0. The number of benzene rings is 2. The summed E-state index contributed by atoms with van der Waals surface area (Å²) in [7, 11) is 1.54. The summed E-state index contributed by atoms with van der Waals surface area (Å²) in [4.78, 5) is 38.1. The lowest BCUT2D eigenvalue weighted by atomic mass is 10.2. The molecule has 146 valence electrons. The van der Waals surface area contributed by atoms with Crippen LogP contribution in [0.2, 0.25) is 0 Å². The van der Waals surface area contributed by atoms with Gasteiger partial charge >= 0.3 is 5.97 Å². The molecule has 2 aromatic carbocycles. The molecule has 0 bridgehead atoms. The molecule has 1 aliphatic heterocycles. The maximum absolute atomic E-state index is 12.3. The second-order valence-electron chi connectivity index (χ2n) is 6.46. The van der Waals surface area contributed by atoms with Gasteiger partial charge in [-0.2, -0.15) is 0 Å². The molecular weight excluding hydrogens is 360 g/mol. The number of esters is 1. The highest BCUT2D eigenvalue weighted by Crippen LogP contribution is 2.22. The van der Waals surface area contributed by atoms with E-state index < -0.39 is 18.0 Å². The van der Waals surface area contributed by atoms with Crippen molar-refractivity contribution in [2.75, 3.05) is 23.9 Å². The zero-order chi connectivity index (χ0) is 20.1. The van der Waals surface area contributed by atoms with E-state index in [0.29, 0.717) is 30.0 Å². The molecule has 2 amide bonds. The van der Waals surface area contributed by atoms with E-state index in [1.807, 2.05) is 0 Å². The van der Waals surface area contributed by atoms with Crippen LogP contribution in [0.25, 0.3) is 0 Å². The molecular formula is C21H22N2O5. The van der Waals surface area contributed by atoms with Gasteiger partial charge in [-0.25, -0.2) is 4.79 Å². The predicted octanol–water partition coefficient (Wildman–Crippen LogP) is 3.01. The van der Waals surface area contributed by atoms with Crippen LogP contribution >= 0.6 is 0 Å². The highest BCUT2D eigenvalue weighted by molar-refractivity contribution is 5.98. The van der Waals surface area contributed by atoms with Crippen molar-refractivity contribution in [2.24, 2.45) is 0 Å². The fourth-order valence-electron chi connectivity index (χ4n) is 2.93. The molecule has 7 heteroatoms. The van der Waals surface area contributed by atoms with Gasteiger partial charge in [-0.15, -0.1) is 0 Å². The third kappa shape index (κ3) is 4.49. The van der Waals surface area contributed by atoms with Gasteiger partial charge in [0.25, 0.3) is 5.91 Å². The summed E-state index contributed by atoms with van der Waals surface area (Å²) in [6.45, 7) is 2.19. The minimum Gasteiger partial charge on any atom is -0.497 e. The Morgan fingerprint density at radius 3 is 2.54 bits per heavy atom. The van der Waals surface area contributed by atoms with Crippen LogP contribution in [0.15, 0.2) is 48.5 Å². The van der Waals surface area contributed by atoms with Gasteiger partial charge in [-0.1, -0.05) is 6.07 Å². The topological polar surface area (TPSA) is 84.9 Å². The SMILES string of the molecule is COc1cccc(NC(=O)[C@@H](C)OC(=O)c2ccc(N3CCCC3=O)cc2)c1. The van der Waals surface area contributed by atoms with Crippen LogP contribution in [-0.4, -0.2) is 37.5 Å². The van der Waals surface area contributed by atoms with Crippen molar-refractivity contribution < 1.29 is 23.9 Å². The molecule has 1 heterocycles. The van der Waals surface area contributed by atoms with Crippen molar-refractivity contribution in [1.82, 2.24) is 0 Å². The van der Waals surface area contributed by atoms with E-state index in [9.17, 15) is 14.4 Å². The molecule has 7 nitrogen and oxygen atoms in total. The Balaban J connectivity index is 1.58. The molecule has 0 aromatic heterocycles. The van der Waals surface area contributed by atoms with Crippen molar-refractivity contribution in [3.05, 3.63) is 54.1 Å². The van der Waals surface area contributed by atoms with E-state index in [1.54, 1.807) is 53.4 Å². The Morgan fingerprint density at radius 1 is 1.14 bits per heavy atom. The molecule has 3 rings (SSSR count). The molecule has 1 aliphatic rings. The first-order valence-corrected chi connectivity index (χ1v) is 9.04. The van der Waals surface area contributed by atoms with Gasteiger partial charge in [0.05, 0.1) is 12.7 Å². The summed E-state index contributed by atoms with van der Waals surface area (Å²) in [6.07, 6.45) is 0.408. The molecule has 0 aliphatic carbocycles. The molecule has 0 spiro atoms. The summed E-state index contributed by atoms with van der Waals surface area (Å²) in [5, 5.41) is 2.68. The van der Waals surface area contributed by atoms with Crippen LogP contribution in [-0.2, 0) is 14.3 Å². The molecule has 1 fully saturated rings. The highest BCUT2D eigenvalue weighted by atomic mass is 16.5. The molecule has 1 N–H and O–H groups in total. The smallest absolute Gasteiger partial charge is 0.338 e. The largest absolute Gasteiger partial charge is 0.497 e. The minimum absolute atomic E-state index is 0.0816. The lowest BCUT2D eigenvalue weighted by Crippen LogP contribution is -2.30. The molecule has 1 saturated heterocycles. The van der Waals surface area contributed by atoms with E-state index in [1.165, 1.54) is 14.0 Å². The van der Waals surface area contributed by atoms with Crippen molar-refractivity contribution in [1.29, 1.82) is 0 Å². The fraction of sp³-hybridized carbons (Fsp3) is 0.286. The Bertz CT molecular complexity index is 879. The number of amides is 2. The summed E-state index contributed by atoms with van der Waals surface area (Å²) < 4.78 is 10.4. The van der Waals surface area contributed by atoms with E-state index in [-0.39, 0.29) is 5.91 Å². The van der Waals surface area contributed by atoms with Crippen molar-refractivity contribution >= 4 is 29.2 Å². The number of carbonyl (C=O) groups excluding carboxylic acids is 3. The third-order valence-corrected chi connectivity index (χ3v) is 4.48. The maximum atomic E-state index is 12.3. The van der Waals surface area contributed by atoms with Crippen LogP contribution < -0.4 is 15.0 Å². The number of ether oxygens (including phenoxy) is 2. The van der Waals surface area contributed by atoms with Gasteiger partial charge < -0.3 is 19.7 Å². The summed E-state index contributed by atoms with van der Waals surface area (Å²) in [5.41, 5.74) is 1.62. The number of hydrogen-bond acceptors (Lipinski definition) is 5. The molecule has 0 saturated carbocycles. The average molecular weight is 382 g/mol. The number of rotatable bonds is 6. The molecule has 2 aromatic rings. The monoisotopic (exact) mass is 382 g/mol. The van der Waals surface area contributed by atoms with Gasteiger partial charge in [0.1, 0.15) is 5.75 Å². The third-order valence-electron chi connectivity index (χ3n) is 4.48. The quantitative estimate of drug-likeness (QED) is 0.777. The number of hydrogen-bond donors (Lipinski definition) is 1. The Morgan fingerprint density at radius 2 is 1.89 bits per heavy atom.